The first-order valence-corrected chi connectivity index (χ1v) is 6.90. The minimum Gasteiger partial charge on any atom is -0.394 e. The van der Waals surface area contributed by atoms with Crippen molar-refractivity contribution in [2.24, 2.45) is 0 Å². The van der Waals surface area contributed by atoms with Gasteiger partial charge in [0.1, 0.15) is 0 Å². The van der Waals surface area contributed by atoms with Crippen LogP contribution < -0.4 is 5.32 Å². The van der Waals surface area contributed by atoms with Gasteiger partial charge in [-0.2, -0.15) is 0 Å². The number of nitrogens with one attached hydrogen (secondary N) is 1. The minimum absolute atomic E-state index is 0.0205. The zero-order chi connectivity index (χ0) is 14.5. The number of anilines is 1. The Hall–Kier alpha value is -1.46. The second kappa shape index (κ2) is 6.81. The van der Waals surface area contributed by atoms with Gasteiger partial charge < -0.3 is 10.4 Å². The number of halogens is 3. The minimum atomic E-state index is -2.48. The molecule has 0 aromatic heterocycles. The summed E-state index contributed by atoms with van der Waals surface area (Å²) in [5.41, 5.74) is 1.58. The molecule has 20 heavy (non-hydrogen) atoms. The quantitative estimate of drug-likeness (QED) is 0.837. The Morgan fingerprint density at radius 2 is 1.70 bits per heavy atom. The lowest BCUT2D eigenvalue weighted by atomic mass is 10.0. The maximum Gasteiger partial charge on any atom is 0.263 e. The third-order valence-electron chi connectivity index (χ3n) is 2.94. The molecule has 2 aromatic rings. The van der Waals surface area contributed by atoms with E-state index in [2.05, 4.69) is 21.2 Å². The summed E-state index contributed by atoms with van der Waals surface area (Å²) in [6.45, 7) is -0.124. The molecule has 0 bridgehead atoms. The van der Waals surface area contributed by atoms with E-state index in [4.69, 9.17) is 0 Å². The average Bonchev–Trinajstić information content (AvgIpc) is 2.45. The second-order valence-electron chi connectivity index (χ2n) is 4.36. The standard InChI is InChI=1S/C15H14BrF2NO/c16-12-2-1-3-13(8-12)19-14(9-20)10-4-6-11(7-5-10)15(17)18/h1-8,14-15,19-20H,9H2. The molecule has 0 aliphatic rings. The normalized spacial score (nSPS) is 12.4. The summed E-state index contributed by atoms with van der Waals surface area (Å²) in [5, 5.41) is 12.6. The number of aliphatic hydroxyl groups is 1. The summed E-state index contributed by atoms with van der Waals surface area (Å²) in [5.74, 6) is 0. The van der Waals surface area contributed by atoms with Crippen LogP contribution >= 0.6 is 15.9 Å². The van der Waals surface area contributed by atoms with Crippen LogP contribution in [-0.4, -0.2) is 11.7 Å². The van der Waals surface area contributed by atoms with Crippen molar-refractivity contribution in [3.05, 3.63) is 64.1 Å². The molecule has 0 saturated heterocycles. The molecular weight excluding hydrogens is 328 g/mol. The molecule has 0 heterocycles. The van der Waals surface area contributed by atoms with E-state index in [0.717, 1.165) is 15.7 Å². The molecule has 2 aromatic carbocycles. The van der Waals surface area contributed by atoms with E-state index < -0.39 is 6.43 Å². The SMILES string of the molecule is OCC(Nc1cccc(Br)c1)c1ccc(C(F)F)cc1. The van der Waals surface area contributed by atoms with Crippen LogP contribution in [0.4, 0.5) is 14.5 Å². The van der Waals surface area contributed by atoms with Gasteiger partial charge in [-0.15, -0.1) is 0 Å². The summed E-state index contributed by atoms with van der Waals surface area (Å²) >= 11 is 3.37. The van der Waals surface area contributed by atoms with E-state index in [1.54, 1.807) is 12.1 Å². The highest BCUT2D eigenvalue weighted by Crippen LogP contribution is 2.24. The van der Waals surface area contributed by atoms with Crippen molar-refractivity contribution in [3.8, 4) is 0 Å². The van der Waals surface area contributed by atoms with Crippen molar-refractivity contribution in [2.75, 3.05) is 11.9 Å². The first-order chi connectivity index (χ1) is 9.60. The lowest BCUT2D eigenvalue weighted by Gasteiger charge is -2.18. The molecule has 0 saturated carbocycles. The van der Waals surface area contributed by atoms with Crippen LogP contribution in [0.15, 0.2) is 53.0 Å². The molecule has 0 amide bonds. The Morgan fingerprint density at radius 1 is 1.05 bits per heavy atom. The van der Waals surface area contributed by atoms with E-state index in [0.29, 0.717) is 0 Å². The highest BCUT2D eigenvalue weighted by molar-refractivity contribution is 9.10. The molecule has 2 nitrogen and oxygen atoms in total. The van der Waals surface area contributed by atoms with E-state index in [-0.39, 0.29) is 18.2 Å². The van der Waals surface area contributed by atoms with E-state index in [1.165, 1.54) is 12.1 Å². The Labute approximate surface area is 124 Å². The summed E-state index contributed by atoms with van der Waals surface area (Å²) in [6.07, 6.45) is -2.48. The van der Waals surface area contributed by atoms with Gasteiger partial charge in [0.2, 0.25) is 0 Å². The van der Waals surface area contributed by atoms with Crippen LogP contribution in [0.3, 0.4) is 0 Å². The van der Waals surface area contributed by atoms with Crippen molar-refractivity contribution in [1.29, 1.82) is 0 Å². The van der Waals surface area contributed by atoms with Gasteiger partial charge >= 0.3 is 0 Å². The maximum absolute atomic E-state index is 12.5. The van der Waals surface area contributed by atoms with Gasteiger partial charge in [0.15, 0.2) is 0 Å². The van der Waals surface area contributed by atoms with Crippen molar-refractivity contribution in [1.82, 2.24) is 0 Å². The topological polar surface area (TPSA) is 32.3 Å². The molecule has 1 atom stereocenters. The van der Waals surface area contributed by atoms with Gasteiger partial charge in [-0.05, 0) is 23.8 Å². The Kier molecular flexibility index (Phi) is 5.09. The second-order valence-corrected chi connectivity index (χ2v) is 5.27. The summed E-state index contributed by atoms with van der Waals surface area (Å²) in [7, 11) is 0. The lowest BCUT2D eigenvalue weighted by molar-refractivity contribution is 0.151. The molecule has 0 aliphatic carbocycles. The summed E-state index contributed by atoms with van der Waals surface area (Å²) in [4.78, 5) is 0. The number of rotatable bonds is 5. The van der Waals surface area contributed by atoms with Crippen LogP contribution in [0.25, 0.3) is 0 Å². The number of aliphatic hydroxyl groups excluding tert-OH is 1. The monoisotopic (exact) mass is 341 g/mol. The number of alkyl halides is 2. The van der Waals surface area contributed by atoms with E-state index in [1.807, 2.05) is 24.3 Å². The molecule has 2 N–H and O–H groups in total. The molecule has 106 valence electrons. The number of hydrogen-bond donors (Lipinski definition) is 2. The van der Waals surface area contributed by atoms with Crippen molar-refractivity contribution >= 4 is 21.6 Å². The molecule has 0 radical (unpaired) electrons. The Bertz CT molecular complexity index is 560. The average molecular weight is 342 g/mol. The smallest absolute Gasteiger partial charge is 0.263 e. The van der Waals surface area contributed by atoms with Crippen molar-refractivity contribution < 1.29 is 13.9 Å². The van der Waals surface area contributed by atoms with Crippen molar-refractivity contribution in [2.45, 2.75) is 12.5 Å². The number of hydrogen-bond acceptors (Lipinski definition) is 2. The Morgan fingerprint density at radius 3 is 2.25 bits per heavy atom. The fourth-order valence-corrected chi connectivity index (χ4v) is 2.29. The van der Waals surface area contributed by atoms with E-state index in [9.17, 15) is 13.9 Å². The molecule has 5 heteroatoms. The van der Waals surface area contributed by atoms with Crippen LogP contribution in [0.1, 0.15) is 23.6 Å². The largest absolute Gasteiger partial charge is 0.394 e. The molecule has 1 unspecified atom stereocenters. The van der Waals surface area contributed by atoms with Crippen LogP contribution in [0.2, 0.25) is 0 Å². The van der Waals surface area contributed by atoms with Gasteiger partial charge in [0, 0.05) is 15.7 Å². The molecule has 2 rings (SSSR count). The molecule has 0 spiro atoms. The third kappa shape index (κ3) is 3.77. The highest BCUT2D eigenvalue weighted by Gasteiger charge is 2.12. The fraction of sp³-hybridized carbons (Fsp3) is 0.200. The van der Waals surface area contributed by atoms with Gasteiger partial charge in [-0.25, -0.2) is 8.78 Å². The predicted molar refractivity (Wildman–Crippen MR) is 79.0 cm³/mol. The maximum atomic E-state index is 12.5. The molecular formula is C15H14BrF2NO. The molecule has 0 aliphatic heterocycles. The van der Waals surface area contributed by atoms with Crippen molar-refractivity contribution in [3.63, 3.8) is 0 Å². The van der Waals surface area contributed by atoms with Gasteiger partial charge in [-0.3, -0.25) is 0 Å². The van der Waals surface area contributed by atoms with Crippen LogP contribution in [-0.2, 0) is 0 Å². The fourth-order valence-electron chi connectivity index (χ4n) is 1.89. The zero-order valence-electron chi connectivity index (χ0n) is 10.6. The van der Waals surface area contributed by atoms with Crippen LogP contribution in [0.5, 0.6) is 0 Å². The van der Waals surface area contributed by atoms with Crippen LogP contribution in [0, 0.1) is 0 Å². The zero-order valence-corrected chi connectivity index (χ0v) is 12.1. The van der Waals surface area contributed by atoms with E-state index >= 15 is 0 Å². The van der Waals surface area contributed by atoms with Gasteiger partial charge in [-0.1, -0.05) is 46.3 Å². The summed E-state index contributed by atoms with van der Waals surface area (Å²) in [6, 6.07) is 13.2. The first-order valence-electron chi connectivity index (χ1n) is 6.11. The third-order valence-corrected chi connectivity index (χ3v) is 3.43. The van der Waals surface area contributed by atoms with Gasteiger partial charge in [0.05, 0.1) is 12.6 Å². The van der Waals surface area contributed by atoms with Gasteiger partial charge in [0.25, 0.3) is 6.43 Å². The molecule has 0 fully saturated rings. The Balaban J connectivity index is 2.15. The highest BCUT2D eigenvalue weighted by atomic mass is 79.9. The predicted octanol–water partition coefficient (Wildman–Crippen LogP) is 4.53. The number of benzene rings is 2. The lowest BCUT2D eigenvalue weighted by Crippen LogP contribution is -2.14. The summed E-state index contributed by atoms with van der Waals surface area (Å²) < 4.78 is 25.9. The first kappa shape index (κ1) is 14.9.